The number of urea groups is 1. The second-order valence-corrected chi connectivity index (χ2v) is 15.6. The van der Waals surface area contributed by atoms with E-state index in [1.54, 1.807) is 29.1 Å². The number of nitrogens with zero attached hydrogens (tertiary/aromatic N) is 5. The zero-order chi connectivity index (χ0) is 32.3. The molecular formula is C33H43N7O4S2. The maximum absolute atomic E-state index is 13.1. The minimum atomic E-state index is -0.344. The number of imide groups is 1. The van der Waals surface area contributed by atoms with Crippen LogP contribution in [0, 0.1) is 5.92 Å². The second kappa shape index (κ2) is 14.2. The van der Waals surface area contributed by atoms with Gasteiger partial charge in [-0.15, -0.1) is 11.8 Å². The summed E-state index contributed by atoms with van der Waals surface area (Å²) in [4.78, 5) is 52.7. The van der Waals surface area contributed by atoms with Crippen LogP contribution in [0.1, 0.15) is 70.1 Å². The Morgan fingerprint density at radius 1 is 1.04 bits per heavy atom. The van der Waals surface area contributed by atoms with Crippen molar-refractivity contribution in [3.05, 3.63) is 53.9 Å². The van der Waals surface area contributed by atoms with Crippen LogP contribution in [0.25, 0.3) is 0 Å². The topological polar surface area (TPSA) is 124 Å². The van der Waals surface area contributed by atoms with Crippen molar-refractivity contribution in [1.82, 2.24) is 25.1 Å². The van der Waals surface area contributed by atoms with Crippen molar-refractivity contribution in [2.24, 2.45) is 5.92 Å². The van der Waals surface area contributed by atoms with Crippen molar-refractivity contribution in [3.63, 3.8) is 0 Å². The molecule has 6 rings (SSSR count). The number of nitrogens with one attached hydrogen (secondary N) is 2. The van der Waals surface area contributed by atoms with E-state index in [2.05, 4.69) is 57.2 Å². The SMILES string of the molecule is CC(C)(C)c1cnc(CSc2cnc(NC(=O)C3CCN(C4CCN(Cc5ccccc5N5CCC(=O)NC5=O)CC4)CC3)s2)o1. The maximum atomic E-state index is 13.1. The number of oxazole rings is 1. The van der Waals surface area contributed by atoms with Crippen molar-refractivity contribution < 1.29 is 18.8 Å². The average Bonchev–Trinajstić information content (AvgIpc) is 3.71. The highest BCUT2D eigenvalue weighted by Gasteiger charge is 2.32. The summed E-state index contributed by atoms with van der Waals surface area (Å²) in [7, 11) is 0. The number of thiazole rings is 1. The molecule has 46 heavy (non-hydrogen) atoms. The highest BCUT2D eigenvalue weighted by molar-refractivity contribution is 8.00. The first-order chi connectivity index (χ1) is 22.1. The van der Waals surface area contributed by atoms with Crippen molar-refractivity contribution in [2.45, 2.75) is 80.8 Å². The molecule has 3 saturated heterocycles. The average molecular weight is 666 g/mol. The molecule has 2 aromatic heterocycles. The van der Waals surface area contributed by atoms with Crippen molar-refractivity contribution in [1.29, 1.82) is 0 Å². The fraction of sp³-hybridized carbons (Fsp3) is 0.545. The Hall–Kier alpha value is -3.26. The molecule has 0 bridgehead atoms. The predicted octanol–water partition coefficient (Wildman–Crippen LogP) is 5.48. The summed E-state index contributed by atoms with van der Waals surface area (Å²) < 4.78 is 6.90. The number of carbonyl (C=O) groups is 3. The molecule has 0 saturated carbocycles. The van der Waals surface area contributed by atoms with Gasteiger partial charge in [0.25, 0.3) is 0 Å². The Balaban J connectivity index is 0.924. The van der Waals surface area contributed by atoms with Crippen LogP contribution in [0.4, 0.5) is 15.6 Å². The highest BCUT2D eigenvalue weighted by Crippen LogP contribution is 2.33. The molecule has 3 fully saturated rings. The van der Waals surface area contributed by atoms with Crippen molar-refractivity contribution in [2.75, 3.05) is 42.9 Å². The molecule has 4 amide bonds. The lowest BCUT2D eigenvalue weighted by Gasteiger charge is -2.41. The normalized spacial score (nSPS) is 19.4. The van der Waals surface area contributed by atoms with E-state index < -0.39 is 0 Å². The molecule has 13 heteroatoms. The van der Waals surface area contributed by atoms with Crippen molar-refractivity contribution >= 4 is 51.8 Å². The Morgan fingerprint density at radius 2 is 1.80 bits per heavy atom. The number of aromatic nitrogens is 2. The number of amides is 4. The Labute approximate surface area is 278 Å². The smallest absolute Gasteiger partial charge is 0.328 e. The Bertz CT molecular complexity index is 1530. The second-order valence-electron chi connectivity index (χ2n) is 13.3. The van der Waals surface area contributed by atoms with Crippen LogP contribution in [0.2, 0.25) is 0 Å². The molecular weight excluding hydrogens is 623 g/mol. The van der Waals surface area contributed by atoms with Gasteiger partial charge in [-0.2, -0.15) is 0 Å². The van der Waals surface area contributed by atoms with Crippen LogP contribution in [-0.2, 0) is 27.3 Å². The molecule has 2 N–H and O–H groups in total. The molecule has 0 aliphatic carbocycles. The summed E-state index contributed by atoms with van der Waals surface area (Å²) in [6, 6.07) is 8.17. The fourth-order valence-corrected chi connectivity index (χ4v) is 8.09. The van der Waals surface area contributed by atoms with Gasteiger partial charge in [0.1, 0.15) is 5.76 Å². The number of rotatable bonds is 9. The van der Waals surface area contributed by atoms with Gasteiger partial charge in [0, 0.05) is 42.6 Å². The number of para-hydroxylation sites is 1. The fourth-order valence-electron chi connectivity index (χ4n) is 6.36. The number of piperidine rings is 2. The molecule has 0 spiro atoms. The summed E-state index contributed by atoms with van der Waals surface area (Å²) in [5, 5.41) is 6.13. The molecule has 1 aromatic carbocycles. The third kappa shape index (κ3) is 7.99. The van der Waals surface area contributed by atoms with Crippen LogP contribution in [-0.4, -0.2) is 76.4 Å². The lowest BCUT2D eigenvalue weighted by atomic mass is 9.92. The third-order valence-corrected chi connectivity index (χ3v) is 11.1. The van der Waals surface area contributed by atoms with Crippen LogP contribution in [0.3, 0.4) is 0 Å². The van der Waals surface area contributed by atoms with E-state index in [4.69, 9.17) is 4.42 Å². The molecule has 246 valence electrons. The summed E-state index contributed by atoms with van der Waals surface area (Å²) in [6.07, 6.45) is 7.80. The number of benzene rings is 1. The van der Waals surface area contributed by atoms with Crippen molar-refractivity contribution in [3.8, 4) is 0 Å². The predicted molar refractivity (Wildman–Crippen MR) is 180 cm³/mol. The first-order valence-corrected chi connectivity index (χ1v) is 17.9. The van der Waals surface area contributed by atoms with E-state index in [1.165, 1.54) is 11.3 Å². The summed E-state index contributed by atoms with van der Waals surface area (Å²) >= 11 is 3.10. The number of anilines is 2. The van der Waals surface area contributed by atoms with Gasteiger partial charge < -0.3 is 14.6 Å². The number of hydrogen-bond acceptors (Lipinski definition) is 10. The van der Waals surface area contributed by atoms with Gasteiger partial charge in [-0.25, -0.2) is 14.8 Å². The largest absolute Gasteiger partial charge is 0.444 e. The molecule has 5 heterocycles. The van der Waals surface area contributed by atoms with E-state index >= 15 is 0 Å². The van der Waals surface area contributed by atoms with Gasteiger partial charge in [0.05, 0.1) is 22.4 Å². The van der Waals surface area contributed by atoms with E-state index in [-0.39, 0.29) is 29.2 Å². The van der Waals surface area contributed by atoms with E-state index in [9.17, 15) is 14.4 Å². The standard InChI is InChI=1S/C33H43N7O4S2/c1-33(2,3)26-18-34-28(44-26)21-45-29-19-35-31(46-29)37-30(42)22-8-15-39(16-9-22)24-10-13-38(14-11-24)20-23-6-4-5-7-25(23)40-17-12-27(41)36-32(40)43/h4-7,18-19,22,24H,8-17,20-21H2,1-3H3,(H,35,37,42)(H,36,41,43). The molecule has 0 radical (unpaired) electrons. The Kier molecular flexibility index (Phi) is 10.1. The van der Waals surface area contributed by atoms with Gasteiger partial charge in [-0.3, -0.25) is 24.7 Å². The van der Waals surface area contributed by atoms with Crippen LogP contribution >= 0.6 is 23.1 Å². The highest BCUT2D eigenvalue weighted by atomic mass is 32.2. The quantitative estimate of drug-likeness (QED) is 0.286. The zero-order valence-electron chi connectivity index (χ0n) is 26.8. The van der Waals surface area contributed by atoms with Gasteiger partial charge >= 0.3 is 6.03 Å². The van der Waals surface area contributed by atoms with E-state index in [0.29, 0.717) is 35.8 Å². The molecule has 3 aliphatic rings. The molecule has 11 nitrogen and oxygen atoms in total. The van der Waals surface area contributed by atoms with Crippen LogP contribution < -0.4 is 15.5 Å². The summed E-state index contributed by atoms with van der Waals surface area (Å²) in [5.41, 5.74) is 1.91. The van der Waals surface area contributed by atoms with E-state index in [0.717, 1.165) is 79.6 Å². The first-order valence-electron chi connectivity index (χ1n) is 16.1. The summed E-state index contributed by atoms with van der Waals surface area (Å²) in [5.74, 6) is 2.03. The van der Waals surface area contributed by atoms with Crippen LogP contribution in [0.15, 0.2) is 45.3 Å². The van der Waals surface area contributed by atoms with Gasteiger partial charge in [0.15, 0.2) is 5.13 Å². The molecule has 0 atom stereocenters. The first kappa shape index (κ1) is 32.7. The monoisotopic (exact) mass is 665 g/mol. The zero-order valence-corrected chi connectivity index (χ0v) is 28.4. The minimum Gasteiger partial charge on any atom is -0.444 e. The number of likely N-dealkylation sites (tertiary alicyclic amines) is 2. The minimum absolute atomic E-state index is 0.00161. The number of carbonyl (C=O) groups excluding carboxylic acids is 3. The number of hydrogen-bond donors (Lipinski definition) is 2. The third-order valence-electron chi connectivity index (χ3n) is 9.05. The molecule has 3 aliphatic heterocycles. The maximum Gasteiger partial charge on any atom is 0.328 e. The Morgan fingerprint density at radius 3 is 2.52 bits per heavy atom. The number of thioether (sulfide) groups is 1. The summed E-state index contributed by atoms with van der Waals surface area (Å²) in [6.45, 7) is 11.3. The lowest BCUT2D eigenvalue weighted by molar-refractivity contribution is -0.122. The van der Waals surface area contributed by atoms with Gasteiger partial charge in [-0.1, -0.05) is 50.3 Å². The molecule has 3 aromatic rings. The lowest BCUT2D eigenvalue weighted by Crippen LogP contribution is -2.50. The van der Waals surface area contributed by atoms with Gasteiger partial charge in [0.2, 0.25) is 17.7 Å². The van der Waals surface area contributed by atoms with Crippen LogP contribution in [0.5, 0.6) is 0 Å². The van der Waals surface area contributed by atoms with Gasteiger partial charge in [-0.05, 0) is 63.5 Å². The molecule has 0 unspecified atom stereocenters. The van der Waals surface area contributed by atoms with E-state index in [1.807, 2.05) is 18.2 Å².